The fourth-order valence-corrected chi connectivity index (χ4v) is 2.02. The van der Waals surface area contributed by atoms with Crippen LogP contribution in [0.3, 0.4) is 0 Å². The van der Waals surface area contributed by atoms with Gasteiger partial charge in [-0.2, -0.15) is 4.98 Å². The van der Waals surface area contributed by atoms with Gasteiger partial charge in [0.25, 0.3) is 0 Å². The Bertz CT molecular complexity index is 628. The standard InChI is InChI=1S/C10H10N6OS/c1-16-3-2-11-9(16)8-14-10(17-15-8)12-4-7-5-18-6-13-7/h2-3,5-6H,4H2,1H3,(H,12,14,15). The highest BCUT2D eigenvalue weighted by Crippen LogP contribution is 2.15. The highest BCUT2D eigenvalue weighted by molar-refractivity contribution is 7.07. The lowest BCUT2D eigenvalue weighted by Crippen LogP contribution is -1.99. The van der Waals surface area contributed by atoms with E-state index in [1.54, 1.807) is 23.0 Å². The molecule has 3 rings (SSSR count). The van der Waals surface area contributed by atoms with Crippen molar-refractivity contribution in [1.29, 1.82) is 0 Å². The van der Waals surface area contributed by atoms with Gasteiger partial charge in [-0.15, -0.1) is 11.3 Å². The molecule has 7 nitrogen and oxygen atoms in total. The molecule has 0 aliphatic rings. The molecule has 0 amide bonds. The summed E-state index contributed by atoms with van der Waals surface area (Å²) in [5.41, 5.74) is 2.72. The fraction of sp³-hybridized carbons (Fsp3) is 0.200. The minimum Gasteiger partial charge on any atom is -0.332 e. The number of nitrogens with one attached hydrogen (secondary N) is 1. The third-order valence-corrected chi connectivity index (χ3v) is 2.99. The molecule has 0 atom stereocenters. The van der Waals surface area contributed by atoms with Crippen LogP contribution in [0, 0.1) is 0 Å². The van der Waals surface area contributed by atoms with Crippen LogP contribution in [0.5, 0.6) is 0 Å². The van der Waals surface area contributed by atoms with Gasteiger partial charge in [0.2, 0.25) is 5.82 Å². The van der Waals surface area contributed by atoms with Crippen molar-refractivity contribution in [3.8, 4) is 11.6 Å². The normalized spacial score (nSPS) is 10.7. The molecular formula is C10H10N6OS. The number of aromatic nitrogens is 5. The molecule has 0 aromatic carbocycles. The summed E-state index contributed by atoms with van der Waals surface area (Å²) < 4.78 is 6.92. The van der Waals surface area contributed by atoms with Crippen molar-refractivity contribution in [2.75, 3.05) is 5.32 Å². The van der Waals surface area contributed by atoms with E-state index < -0.39 is 0 Å². The molecule has 0 bridgehead atoms. The second-order valence-corrected chi connectivity index (χ2v) is 4.34. The molecule has 0 aliphatic heterocycles. The maximum absolute atomic E-state index is 5.09. The number of hydrogen-bond donors (Lipinski definition) is 1. The minimum absolute atomic E-state index is 0.362. The van der Waals surface area contributed by atoms with Crippen LogP contribution in [0.15, 0.2) is 27.8 Å². The Hall–Kier alpha value is -2.22. The summed E-state index contributed by atoms with van der Waals surface area (Å²) in [5, 5.41) is 8.85. The van der Waals surface area contributed by atoms with E-state index in [4.69, 9.17) is 4.52 Å². The number of hydrogen-bond acceptors (Lipinski definition) is 7. The lowest BCUT2D eigenvalue weighted by molar-refractivity contribution is 0.431. The zero-order valence-electron chi connectivity index (χ0n) is 9.57. The topological polar surface area (TPSA) is 81.7 Å². The number of imidazole rings is 1. The molecule has 3 aromatic heterocycles. The van der Waals surface area contributed by atoms with E-state index in [2.05, 4.69) is 25.4 Å². The van der Waals surface area contributed by atoms with Gasteiger partial charge in [-0.05, 0) is 0 Å². The lowest BCUT2D eigenvalue weighted by Gasteiger charge is -1.95. The van der Waals surface area contributed by atoms with Gasteiger partial charge in [0.05, 0.1) is 17.7 Å². The molecule has 0 unspecified atom stereocenters. The lowest BCUT2D eigenvalue weighted by atomic mass is 10.5. The first-order valence-electron chi connectivity index (χ1n) is 5.25. The fourth-order valence-electron chi connectivity index (χ4n) is 1.46. The van der Waals surface area contributed by atoms with Crippen molar-refractivity contribution in [3.63, 3.8) is 0 Å². The van der Waals surface area contributed by atoms with Gasteiger partial charge in [-0.3, -0.25) is 0 Å². The summed E-state index contributed by atoms with van der Waals surface area (Å²) >= 11 is 1.55. The van der Waals surface area contributed by atoms with Crippen molar-refractivity contribution in [3.05, 3.63) is 29.0 Å². The van der Waals surface area contributed by atoms with Gasteiger partial charge in [0.15, 0.2) is 5.82 Å². The maximum Gasteiger partial charge on any atom is 0.322 e. The predicted molar refractivity (Wildman–Crippen MR) is 65.9 cm³/mol. The first-order chi connectivity index (χ1) is 8.83. The first-order valence-corrected chi connectivity index (χ1v) is 6.19. The van der Waals surface area contributed by atoms with Crippen LogP contribution in [0.25, 0.3) is 11.6 Å². The molecule has 92 valence electrons. The van der Waals surface area contributed by atoms with E-state index in [0.717, 1.165) is 5.69 Å². The third-order valence-electron chi connectivity index (χ3n) is 2.35. The molecule has 0 saturated carbocycles. The van der Waals surface area contributed by atoms with Gasteiger partial charge in [0, 0.05) is 24.8 Å². The Labute approximate surface area is 107 Å². The molecule has 18 heavy (non-hydrogen) atoms. The SMILES string of the molecule is Cn1ccnc1-c1noc(NCc2cscn2)n1. The Morgan fingerprint density at radius 2 is 2.39 bits per heavy atom. The van der Waals surface area contributed by atoms with Crippen LogP contribution >= 0.6 is 11.3 Å². The van der Waals surface area contributed by atoms with Gasteiger partial charge >= 0.3 is 6.01 Å². The van der Waals surface area contributed by atoms with Gasteiger partial charge in [-0.1, -0.05) is 5.16 Å². The van der Waals surface area contributed by atoms with Crippen LogP contribution in [-0.2, 0) is 13.6 Å². The van der Waals surface area contributed by atoms with Gasteiger partial charge < -0.3 is 14.4 Å². The summed E-state index contributed by atoms with van der Waals surface area (Å²) in [6, 6.07) is 0.362. The molecule has 0 saturated heterocycles. The highest BCUT2D eigenvalue weighted by atomic mass is 32.1. The molecule has 0 aliphatic carbocycles. The average molecular weight is 262 g/mol. The van der Waals surface area contributed by atoms with Crippen molar-refractivity contribution >= 4 is 17.4 Å². The number of rotatable bonds is 4. The summed E-state index contributed by atoms with van der Waals surface area (Å²) in [5.74, 6) is 1.13. The predicted octanol–water partition coefficient (Wildman–Crippen LogP) is 1.54. The second-order valence-electron chi connectivity index (χ2n) is 3.62. The maximum atomic E-state index is 5.09. The summed E-state index contributed by atoms with van der Waals surface area (Å²) in [7, 11) is 1.88. The average Bonchev–Trinajstić information content (AvgIpc) is 3.07. The highest BCUT2D eigenvalue weighted by Gasteiger charge is 2.12. The van der Waals surface area contributed by atoms with Crippen LogP contribution in [0.1, 0.15) is 5.69 Å². The largest absolute Gasteiger partial charge is 0.332 e. The van der Waals surface area contributed by atoms with E-state index in [1.165, 1.54) is 0 Å². The third kappa shape index (κ3) is 2.09. The van der Waals surface area contributed by atoms with Crippen LogP contribution in [0.4, 0.5) is 6.01 Å². The zero-order valence-corrected chi connectivity index (χ0v) is 10.4. The first kappa shape index (κ1) is 10.9. The number of nitrogens with zero attached hydrogens (tertiary/aromatic N) is 5. The molecule has 0 spiro atoms. The molecule has 3 heterocycles. The monoisotopic (exact) mass is 262 g/mol. The number of aryl methyl sites for hydroxylation is 1. The number of anilines is 1. The molecule has 3 aromatic rings. The molecule has 0 radical (unpaired) electrons. The zero-order chi connectivity index (χ0) is 12.4. The Morgan fingerprint density at radius 3 is 3.11 bits per heavy atom. The Balaban J connectivity index is 1.72. The molecule has 8 heteroatoms. The Morgan fingerprint density at radius 1 is 1.44 bits per heavy atom. The van der Waals surface area contributed by atoms with Crippen molar-refractivity contribution in [2.45, 2.75) is 6.54 Å². The summed E-state index contributed by atoms with van der Waals surface area (Å²) in [6.07, 6.45) is 3.52. The van der Waals surface area contributed by atoms with E-state index in [-0.39, 0.29) is 0 Å². The summed E-state index contributed by atoms with van der Waals surface area (Å²) in [6.45, 7) is 0.561. The van der Waals surface area contributed by atoms with Crippen molar-refractivity contribution in [2.24, 2.45) is 7.05 Å². The van der Waals surface area contributed by atoms with E-state index in [1.807, 2.05) is 23.2 Å². The van der Waals surface area contributed by atoms with Crippen LogP contribution in [0.2, 0.25) is 0 Å². The van der Waals surface area contributed by atoms with E-state index in [9.17, 15) is 0 Å². The number of thiazole rings is 1. The van der Waals surface area contributed by atoms with E-state index in [0.29, 0.717) is 24.2 Å². The van der Waals surface area contributed by atoms with Crippen molar-refractivity contribution < 1.29 is 4.52 Å². The Kier molecular flexibility index (Phi) is 2.77. The van der Waals surface area contributed by atoms with Gasteiger partial charge in [0.1, 0.15) is 0 Å². The minimum atomic E-state index is 0.362. The smallest absolute Gasteiger partial charge is 0.322 e. The van der Waals surface area contributed by atoms with E-state index >= 15 is 0 Å². The van der Waals surface area contributed by atoms with Crippen LogP contribution < -0.4 is 5.32 Å². The molecule has 0 fully saturated rings. The summed E-state index contributed by atoms with van der Waals surface area (Å²) in [4.78, 5) is 12.5. The second kappa shape index (κ2) is 4.57. The van der Waals surface area contributed by atoms with Gasteiger partial charge in [-0.25, -0.2) is 9.97 Å². The molecule has 1 N–H and O–H groups in total. The van der Waals surface area contributed by atoms with Crippen molar-refractivity contribution in [1.82, 2.24) is 24.7 Å². The molecular weight excluding hydrogens is 252 g/mol. The van der Waals surface area contributed by atoms with Crippen LogP contribution in [-0.4, -0.2) is 24.7 Å². The quantitative estimate of drug-likeness (QED) is 0.768.